The molecule has 2 aromatic heterocycles. The number of nitrogens with one attached hydrogen (secondary N) is 1. The van der Waals surface area contributed by atoms with Crippen LogP contribution in [0.25, 0.3) is 5.78 Å². The Morgan fingerprint density at radius 2 is 1.93 bits per heavy atom. The van der Waals surface area contributed by atoms with E-state index in [-0.39, 0.29) is 30.0 Å². The van der Waals surface area contributed by atoms with Gasteiger partial charge in [-0.25, -0.2) is 4.98 Å². The summed E-state index contributed by atoms with van der Waals surface area (Å²) in [5.74, 6) is 1.21. The second kappa shape index (κ2) is 8.69. The second-order valence-corrected chi connectivity index (χ2v) is 8.05. The molecule has 0 aliphatic heterocycles. The maximum atomic E-state index is 12.4. The van der Waals surface area contributed by atoms with Gasteiger partial charge in [-0.05, 0) is 51.0 Å². The van der Waals surface area contributed by atoms with Gasteiger partial charge < -0.3 is 10.1 Å². The molecule has 2 heterocycles. The molecule has 4 rings (SSSR count). The number of rotatable bonds is 6. The summed E-state index contributed by atoms with van der Waals surface area (Å²) in [4.78, 5) is 33.4. The van der Waals surface area contributed by atoms with E-state index in [0.29, 0.717) is 17.2 Å². The topological polar surface area (TPSA) is 90.5 Å². The fourth-order valence-electron chi connectivity index (χ4n) is 3.81. The number of carbonyl (C=O) groups excluding carboxylic acids is 1. The summed E-state index contributed by atoms with van der Waals surface area (Å²) in [6, 6.07) is 8.82. The molecule has 1 saturated carbocycles. The number of aromatic nitrogens is 4. The third kappa shape index (κ3) is 4.37. The van der Waals surface area contributed by atoms with Crippen LogP contribution < -0.4 is 15.6 Å². The summed E-state index contributed by atoms with van der Waals surface area (Å²) < 4.78 is 8.97. The van der Waals surface area contributed by atoms with E-state index in [1.165, 1.54) is 17.0 Å². The summed E-state index contributed by atoms with van der Waals surface area (Å²) in [6.07, 6.45) is 7.04. The summed E-state index contributed by atoms with van der Waals surface area (Å²) in [5, 5.41) is 2.99. The Morgan fingerprint density at radius 1 is 1.20 bits per heavy atom. The Hall–Kier alpha value is -3.16. The molecule has 0 radical (unpaired) electrons. The van der Waals surface area contributed by atoms with Crippen molar-refractivity contribution in [3.05, 3.63) is 52.7 Å². The molecule has 0 atom stereocenters. The van der Waals surface area contributed by atoms with Crippen LogP contribution in [0.3, 0.4) is 0 Å². The first-order chi connectivity index (χ1) is 14.5. The fraction of sp³-hybridized carbons (Fsp3) is 0.455. The molecule has 8 nitrogen and oxygen atoms in total. The maximum Gasteiger partial charge on any atom is 0.274 e. The van der Waals surface area contributed by atoms with Crippen molar-refractivity contribution in [1.82, 2.24) is 19.2 Å². The van der Waals surface area contributed by atoms with E-state index < -0.39 is 0 Å². The van der Waals surface area contributed by atoms with Crippen LogP contribution in [0.15, 0.2) is 41.5 Å². The number of anilines is 1. The Balaban J connectivity index is 1.38. The molecule has 1 amide bonds. The van der Waals surface area contributed by atoms with Gasteiger partial charge in [0, 0.05) is 23.7 Å². The molecule has 0 spiro atoms. The van der Waals surface area contributed by atoms with Crippen molar-refractivity contribution in [1.29, 1.82) is 0 Å². The lowest BCUT2D eigenvalue weighted by molar-refractivity contribution is -0.120. The third-order valence-electron chi connectivity index (χ3n) is 5.47. The largest absolute Gasteiger partial charge is 0.487 e. The van der Waals surface area contributed by atoms with Crippen molar-refractivity contribution in [3.8, 4) is 5.75 Å². The van der Waals surface area contributed by atoms with Crippen molar-refractivity contribution in [3.63, 3.8) is 0 Å². The smallest absolute Gasteiger partial charge is 0.274 e. The van der Waals surface area contributed by atoms with E-state index in [1.807, 2.05) is 26.0 Å². The molecule has 1 aromatic carbocycles. The second-order valence-electron chi connectivity index (χ2n) is 8.05. The van der Waals surface area contributed by atoms with E-state index in [2.05, 4.69) is 15.3 Å². The van der Waals surface area contributed by atoms with E-state index in [9.17, 15) is 9.59 Å². The highest BCUT2D eigenvalue weighted by Crippen LogP contribution is 2.25. The van der Waals surface area contributed by atoms with Crippen molar-refractivity contribution < 1.29 is 9.53 Å². The zero-order valence-corrected chi connectivity index (χ0v) is 17.4. The maximum absolute atomic E-state index is 12.4. The molecule has 0 unspecified atom stereocenters. The van der Waals surface area contributed by atoms with Crippen LogP contribution in [0, 0.1) is 5.92 Å². The molecular weight excluding hydrogens is 382 g/mol. The quantitative estimate of drug-likeness (QED) is 0.672. The molecule has 8 heteroatoms. The molecule has 3 aromatic rings. The monoisotopic (exact) mass is 409 g/mol. The highest BCUT2D eigenvalue weighted by atomic mass is 16.5. The Morgan fingerprint density at radius 3 is 2.63 bits per heavy atom. The molecule has 0 saturated heterocycles. The van der Waals surface area contributed by atoms with Crippen LogP contribution in [-0.2, 0) is 11.4 Å². The van der Waals surface area contributed by atoms with E-state index in [4.69, 9.17) is 4.74 Å². The van der Waals surface area contributed by atoms with Gasteiger partial charge in [-0.15, -0.1) is 0 Å². The normalized spacial score (nSPS) is 14.9. The van der Waals surface area contributed by atoms with Gasteiger partial charge in [0.05, 0.1) is 5.69 Å². The molecule has 158 valence electrons. The van der Waals surface area contributed by atoms with Gasteiger partial charge >= 0.3 is 0 Å². The number of hydrogen-bond acceptors (Lipinski definition) is 5. The van der Waals surface area contributed by atoms with Crippen LogP contribution >= 0.6 is 0 Å². The molecule has 1 aliphatic rings. The van der Waals surface area contributed by atoms with Gasteiger partial charge in [0.15, 0.2) is 0 Å². The molecule has 0 bridgehead atoms. The number of nitrogens with zero attached hydrogens (tertiary/aromatic N) is 4. The minimum absolute atomic E-state index is 0.0992. The predicted molar refractivity (Wildman–Crippen MR) is 114 cm³/mol. The lowest BCUT2D eigenvalue weighted by Gasteiger charge is -2.20. The first-order valence-electron chi connectivity index (χ1n) is 10.5. The number of ether oxygens (including phenoxy) is 1. The minimum Gasteiger partial charge on any atom is -0.487 e. The van der Waals surface area contributed by atoms with Crippen molar-refractivity contribution in [2.45, 2.75) is 58.6 Å². The van der Waals surface area contributed by atoms with E-state index in [1.54, 1.807) is 23.1 Å². The minimum atomic E-state index is -0.189. The van der Waals surface area contributed by atoms with Crippen LogP contribution in [0.4, 0.5) is 5.69 Å². The van der Waals surface area contributed by atoms with E-state index in [0.717, 1.165) is 31.4 Å². The first-order valence-corrected chi connectivity index (χ1v) is 10.5. The van der Waals surface area contributed by atoms with Crippen LogP contribution in [0.2, 0.25) is 0 Å². The zero-order chi connectivity index (χ0) is 21.1. The van der Waals surface area contributed by atoms with Gasteiger partial charge in [-0.1, -0.05) is 19.3 Å². The van der Waals surface area contributed by atoms with Crippen molar-refractivity contribution in [2.75, 3.05) is 5.32 Å². The lowest BCUT2D eigenvalue weighted by atomic mass is 9.88. The van der Waals surface area contributed by atoms with Crippen molar-refractivity contribution in [2.24, 2.45) is 5.92 Å². The molecule has 30 heavy (non-hydrogen) atoms. The fourth-order valence-corrected chi connectivity index (χ4v) is 3.81. The number of amides is 1. The zero-order valence-electron chi connectivity index (χ0n) is 17.4. The summed E-state index contributed by atoms with van der Waals surface area (Å²) in [7, 11) is 0. The van der Waals surface area contributed by atoms with Gasteiger partial charge in [0.1, 0.15) is 18.7 Å². The van der Waals surface area contributed by atoms with Gasteiger partial charge in [-0.3, -0.25) is 14.3 Å². The highest BCUT2D eigenvalue weighted by Gasteiger charge is 2.21. The molecule has 1 aliphatic carbocycles. The van der Waals surface area contributed by atoms with Gasteiger partial charge in [0.25, 0.3) is 11.3 Å². The molecule has 1 fully saturated rings. The summed E-state index contributed by atoms with van der Waals surface area (Å²) in [5.41, 5.74) is 1.09. The lowest BCUT2D eigenvalue weighted by Crippen LogP contribution is -2.24. The number of carbonyl (C=O) groups is 1. The molecule has 1 N–H and O–H groups in total. The van der Waals surface area contributed by atoms with Gasteiger partial charge in [-0.2, -0.15) is 9.50 Å². The Labute approximate surface area is 174 Å². The summed E-state index contributed by atoms with van der Waals surface area (Å²) >= 11 is 0. The van der Waals surface area contributed by atoms with Crippen molar-refractivity contribution >= 4 is 17.4 Å². The SMILES string of the molecule is CC(C)n1cnc2nc(COc3ccc(NC(=O)C4CCCCC4)cc3)cc(=O)n21. The standard InChI is InChI=1S/C22H27N5O3/c1-15(2)26-14-23-22-25-18(12-20(28)27(22)26)13-30-19-10-8-17(9-11-19)24-21(29)16-6-4-3-5-7-16/h8-12,14-16H,3-7,13H2,1-2H3,(H,24,29). The average Bonchev–Trinajstić information content (AvgIpc) is 3.19. The van der Waals surface area contributed by atoms with Crippen LogP contribution in [0.5, 0.6) is 5.75 Å². The summed E-state index contributed by atoms with van der Waals surface area (Å²) in [6.45, 7) is 4.12. The predicted octanol–water partition coefficient (Wildman–Crippen LogP) is 3.57. The Kier molecular flexibility index (Phi) is 5.83. The van der Waals surface area contributed by atoms with Crippen LogP contribution in [-0.4, -0.2) is 25.1 Å². The number of fused-ring (bicyclic) bond motifs is 1. The number of benzene rings is 1. The van der Waals surface area contributed by atoms with E-state index >= 15 is 0 Å². The number of hydrogen-bond donors (Lipinski definition) is 1. The van der Waals surface area contributed by atoms with Gasteiger partial charge in [0.2, 0.25) is 5.91 Å². The Bertz CT molecular complexity index is 1080. The third-order valence-corrected chi connectivity index (χ3v) is 5.47. The molecular formula is C22H27N5O3. The van der Waals surface area contributed by atoms with Crippen LogP contribution in [0.1, 0.15) is 57.7 Å². The average molecular weight is 409 g/mol. The first kappa shape index (κ1) is 20.1. The highest BCUT2D eigenvalue weighted by molar-refractivity contribution is 5.92.